The molecule has 5 nitrogen and oxygen atoms in total. The Kier molecular flexibility index (Phi) is 7.19. The average molecular weight is 472 g/mol. The van der Waals surface area contributed by atoms with Crippen molar-refractivity contribution in [1.82, 2.24) is 9.78 Å². The first-order valence-corrected chi connectivity index (χ1v) is 15.3. The van der Waals surface area contributed by atoms with Gasteiger partial charge in [-0.1, -0.05) is 62.1 Å². The topological polar surface area (TPSA) is 62.3 Å². The molecule has 34 heavy (non-hydrogen) atoms. The Morgan fingerprint density at radius 2 is 1.68 bits per heavy atom. The minimum absolute atomic E-state index is 0.404. The molecule has 0 saturated heterocycles. The number of nitrogens with two attached hydrogens (primary N) is 1. The molecule has 176 valence electrons. The van der Waals surface area contributed by atoms with Gasteiger partial charge in [0.25, 0.3) is 0 Å². The van der Waals surface area contributed by atoms with Crippen LogP contribution in [-0.4, -0.2) is 24.5 Å². The predicted molar refractivity (Wildman–Crippen MR) is 145 cm³/mol. The molecule has 3 aromatic carbocycles. The molecule has 0 bridgehead atoms. The molecule has 0 atom stereocenters. The second-order valence-electron chi connectivity index (χ2n) is 9.78. The number of nitrogens with zero attached hydrogens (tertiary/aromatic N) is 2. The van der Waals surface area contributed by atoms with Crippen LogP contribution in [-0.2, 0) is 11.5 Å². The zero-order valence-corrected chi connectivity index (χ0v) is 21.4. The van der Waals surface area contributed by atoms with Crippen LogP contribution in [0.5, 0.6) is 11.5 Å². The summed E-state index contributed by atoms with van der Waals surface area (Å²) in [5.41, 5.74) is 10.8. The van der Waals surface area contributed by atoms with Crippen molar-refractivity contribution >= 4 is 36.8 Å². The molecule has 0 aliphatic rings. The first-order valence-electron chi connectivity index (χ1n) is 11.6. The summed E-state index contributed by atoms with van der Waals surface area (Å²) in [6, 6.07) is 23.1. The van der Waals surface area contributed by atoms with Gasteiger partial charge in [0.1, 0.15) is 18.2 Å². The van der Waals surface area contributed by atoms with Crippen molar-refractivity contribution in [3.05, 3.63) is 83.6 Å². The van der Waals surface area contributed by atoms with Gasteiger partial charge in [-0.2, -0.15) is 5.10 Å². The van der Waals surface area contributed by atoms with E-state index in [1.54, 1.807) is 0 Å². The van der Waals surface area contributed by atoms with Crippen molar-refractivity contribution in [1.29, 1.82) is 0 Å². The number of benzene rings is 3. The van der Waals surface area contributed by atoms with Gasteiger partial charge in [0.05, 0.1) is 11.2 Å². The van der Waals surface area contributed by atoms with E-state index in [1.165, 1.54) is 0 Å². The first kappa shape index (κ1) is 23.8. The lowest BCUT2D eigenvalue weighted by Crippen LogP contribution is -2.22. The van der Waals surface area contributed by atoms with E-state index >= 15 is 0 Å². The zero-order valence-electron chi connectivity index (χ0n) is 20.4. The van der Waals surface area contributed by atoms with Gasteiger partial charge in [-0.3, -0.25) is 0 Å². The van der Waals surface area contributed by atoms with E-state index in [9.17, 15) is 0 Å². The van der Waals surface area contributed by atoms with Gasteiger partial charge >= 0.3 is 0 Å². The molecule has 0 fully saturated rings. The summed E-state index contributed by atoms with van der Waals surface area (Å²) in [7, 11) is -1.15. The number of rotatable bonds is 9. The maximum absolute atomic E-state index is 6.11. The lowest BCUT2D eigenvalue weighted by atomic mass is 10.1. The number of hydrogen-bond donors (Lipinski definition) is 1. The van der Waals surface area contributed by atoms with E-state index in [4.69, 9.17) is 20.3 Å². The van der Waals surface area contributed by atoms with E-state index in [1.807, 2.05) is 60.1 Å². The molecule has 0 aliphatic heterocycles. The fourth-order valence-corrected chi connectivity index (χ4v) is 4.31. The van der Waals surface area contributed by atoms with Gasteiger partial charge in [-0.15, -0.1) is 0 Å². The highest BCUT2D eigenvalue weighted by Gasteiger charge is 2.14. The zero-order chi connectivity index (χ0) is 24.1. The number of aryl methyl sites for hydroxylation is 1. The summed E-state index contributed by atoms with van der Waals surface area (Å²) in [5.74, 6) is 1.45. The van der Waals surface area contributed by atoms with Crippen LogP contribution in [0.1, 0.15) is 16.8 Å². The summed E-state index contributed by atoms with van der Waals surface area (Å²) < 4.78 is 14.0. The van der Waals surface area contributed by atoms with E-state index in [0.29, 0.717) is 18.2 Å². The summed E-state index contributed by atoms with van der Waals surface area (Å²) in [4.78, 5) is 0. The standard InChI is InChI=1S/C28H33N3O2Si/c1-21-10-12-23(18-26(21)29)33-24-13-14-25-27(15-11-22-8-6-5-7-9-22)30-31(28(25)19-24)20-32-16-17-34(2,3)4/h5-15,18-19H,16-17,20,29H2,1-4H3. The van der Waals surface area contributed by atoms with E-state index in [2.05, 4.69) is 50.0 Å². The molecule has 1 aromatic heterocycles. The second-order valence-corrected chi connectivity index (χ2v) is 15.4. The van der Waals surface area contributed by atoms with Crippen molar-refractivity contribution in [2.75, 3.05) is 12.3 Å². The minimum atomic E-state index is -1.15. The SMILES string of the molecule is Cc1ccc(Oc2ccc3c(C=Cc4ccccc4)nn(COCC[Si](C)(C)C)c3c2)cc1N. The van der Waals surface area contributed by atoms with Crippen LogP contribution in [0.15, 0.2) is 66.7 Å². The van der Waals surface area contributed by atoms with Crippen LogP contribution in [0.25, 0.3) is 23.1 Å². The Hall–Kier alpha value is -3.35. The molecular formula is C28H33N3O2Si. The van der Waals surface area contributed by atoms with Gasteiger partial charge in [0.15, 0.2) is 0 Å². The molecule has 4 aromatic rings. The highest BCUT2D eigenvalue weighted by Crippen LogP contribution is 2.30. The average Bonchev–Trinajstić information content (AvgIpc) is 3.15. The van der Waals surface area contributed by atoms with Gasteiger partial charge in [0, 0.05) is 37.9 Å². The van der Waals surface area contributed by atoms with E-state index in [0.717, 1.165) is 46.1 Å². The van der Waals surface area contributed by atoms with Crippen LogP contribution in [0.3, 0.4) is 0 Å². The van der Waals surface area contributed by atoms with Crippen molar-refractivity contribution in [2.24, 2.45) is 0 Å². The minimum Gasteiger partial charge on any atom is -0.457 e. The molecule has 0 amide bonds. The molecule has 0 aliphatic carbocycles. The number of fused-ring (bicyclic) bond motifs is 1. The largest absolute Gasteiger partial charge is 0.457 e. The Morgan fingerprint density at radius 3 is 2.41 bits per heavy atom. The first-order chi connectivity index (χ1) is 16.3. The summed E-state index contributed by atoms with van der Waals surface area (Å²) in [6.45, 7) is 10.2. The maximum Gasteiger partial charge on any atom is 0.140 e. The third kappa shape index (κ3) is 6.15. The fraction of sp³-hybridized carbons (Fsp3) is 0.250. The third-order valence-electron chi connectivity index (χ3n) is 5.68. The van der Waals surface area contributed by atoms with Crippen LogP contribution < -0.4 is 10.5 Å². The summed E-state index contributed by atoms with van der Waals surface area (Å²) in [6.07, 6.45) is 4.13. The molecule has 1 heterocycles. The lowest BCUT2D eigenvalue weighted by Gasteiger charge is -2.15. The van der Waals surface area contributed by atoms with Gasteiger partial charge in [0.2, 0.25) is 0 Å². The van der Waals surface area contributed by atoms with Crippen molar-refractivity contribution in [3.63, 3.8) is 0 Å². The molecule has 0 radical (unpaired) electrons. The number of aromatic nitrogens is 2. The van der Waals surface area contributed by atoms with Crippen molar-refractivity contribution in [3.8, 4) is 11.5 Å². The molecule has 0 saturated carbocycles. The molecule has 0 spiro atoms. The van der Waals surface area contributed by atoms with E-state index in [-0.39, 0.29) is 0 Å². The number of ether oxygens (including phenoxy) is 2. The Labute approximate surface area is 202 Å². The quantitative estimate of drug-likeness (QED) is 0.159. The molecule has 0 unspecified atom stereocenters. The van der Waals surface area contributed by atoms with Crippen LogP contribution >= 0.6 is 0 Å². The van der Waals surface area contributed by atoms with Gasteiger partial charge in [-0.05, 0) is 48.4 Å². The van der Waals surface area contributed by atoms with Gasteiger partial charge < -0.3 is 15.2 Å². The Balaban J connectivity index is 1.62. The highest BCUT2D eigenvalue weighted by molar-refractivity contribution is 6.76. The number of anilines is 1. The van der Waals surface area contributed by atoms with Gasteiger partial charge in [-0.25, -0.2) is 4.68 Å². The van der Waals surface area contributed by atoms with Crippen molar-refractivity contribution < 1.29 is 9.47 Å². The molecule has 6 heteroatoms. The second kappa shape index (κ2) is 10.3. The smallest absolute Gasteiger partial charge is 0.140 e. The summed E-state index contributed by atoms with van der Waals surface area (Å²) in [5, 5.41) is 5.91. The predicted octanol–water partition coefficient (Wildman–Crippen LogP) is 7.20. The van der Waals surface area contributed by atoms with E-state index < -0.39 is 8.07 Å². The van der Waals surface area contributed by atoms with Crippen molar-refractivity contribution in [2.45, 2.75) is 39.3 Å². The Morgan fingerprint density at radius 1 is 0.941 bits per heavy atom. The highest BCUT2D eigenvalue weighted by atomic mass is 28.3. The molecule has 4 rings (SSSR count). The molecule has 2 N–H and O–H groups in total. The van der Waals surface area contributed by atoms with Crippen LogP contribution in [0.2, 0.25) is 25.7 Å². The normalized spacial score (nSPS) is 12.0. The third-order valence-corrected chi connectivity index (χ3v) is 7.39. The lowest BCUT2D eigenvalue weighted by molar-refractivity contribution is 0.0816. The fourth-order valence-electron chi connectivity index (χ4n) is 3.55. The summed E-state index contributed by atoms with van der Waals surface area (Å²) >= 11 is 0. The van der Waals surface area contributed by atoms with Crippen LogP contribution in [0, 0.1) is 6.92 Å². The maximum atomic E-state index is 6.11. The van der Waals surface area contributed by atoms with Crippen LogP contribution in [0.4, 0.5) is 5.69 Å². The Bertz CT molecular complexity index is 1290. The molecular weight excluding hydrogens is 438 g/mol. The number of hydrogen-bond acceptors (Lipinski definition) is 4. The number of nitrogen functional groups attached to an aromatic ring is 1. The monoisotopic (exact) mass is 471 g/mol.